The highest BCUT2D eigenvalue weighted by Gasteiger charge is 1.96. The van der Waals surface area contributed by atoms with E-state index in [1.165, 1.54) is 12.2 Å². The van der Waals surface area contributed by atoms with Crippen molar-refractivity contribution in [3.05, 3.63) is 29.1 Å². The summed E-state index contributed by atoms with van der Waals surface area (Å²) in [4.78, 5) is 13.9. The lowest BCUT2D eigenvalue weighted by molar-refractivity contribution is -0.104. The summed E-state index contributed by atoms with van der Waals surface area (Å²) in [7, 11) is 0. The molecule has 0 aliphatic rings. The topological polar surface area (TPSA) is 56.0 Å². The Balaban J connectivity index is 3.04. The van der Waals surface area contributed by atoms with Gasteiger partial charge in [-0.25, -0.2) is 4.98 Å². The number of rotatable bonds is 2. The number of halogens is 1. The Morgan fingerprint density at radius 3 is 2.92 bits per heavy atom. The van der Waals surface area contributed by atoms with E-state index in [9.17, 15) is 4.79 Å². The molecule has 0 unspecified atom stereocenters. The maximum Gasteiger partial charge on any atom is 0.142 e. The maximum atomic E-state index is 9.99. The molecule has 3 nitrogen and oxygen atoms in total. The number of nitrogens with zero attached hydrogens (tertiary/aromatic N) is 1. The molecule has 0 spiro atoms. The van der Waals surface area contributed by atoms with E-state index in [4.69, 9.17) is 17.3 Å². The monoisotopic (exact) mass is 182 g/mol. The van der Waals surface area contributed by atoms with Crippen molar-refractivity contribution in [2.75, 3.05) is 5.73 Å². The van der Waals surface area contributed by atoms with Crippen molar-refractivity contribution in [3.8, 4) is 0 Å². The molecule has 1 aromatic rings. The number of nitrogens with two attached hydrogens (primary N) is 1. The van der Waals surface area contributed by atoms with Crippen LogP contribution in [0.4, 0.5) is 5.69 Å². The number of anilines is 1. The van der Waals surface area contributed by atoms with E-state index in [1.54, 1.807) is 12.1 Å². The summed E-state index contributed by atoms with van der Waals surface area (Å²) in [5.74, 6) is 0. The van der Waals surface area contributed by atoms with Gasteiger partial charge in [0.15, 0.2) is 0 Å². The minimum Gasteiger partial charge on any atom is -0.397 e. The van der Waals surface area contributed by atoms with Crippen molar-refractivity contribution in [1.82, 2.24) is 4.98 Å². The van der Waals surface area contributed by atoms with E-state index >= 15 is 0 Å². The van der Waals surface area contributed by atoms with Crippen molar-refractivity contribution >= 4 is 29.7 Å². The van der Waals surface area contributed by atoms with Gasteiger partial charge in [0.1, 0.15) is 11.4 Å². The van der Waals surface area contributed by atoms with Crippen molar-refractivity contribution in [1.29, 1.82) is 0 Å². The molecule has 0 bridgehead atoms. The van der Waals surface area contributed by atoms with Crippen LogP contribution in [0.15, 0.2) is 18.2 Å². The summed E-state index contributed by atoms with van der Waals surface area (Å²) >= 11 is 5.61. The molecule has 2 N–H and O–H groups in total. The number of nitrogen functional groups attached to an aromatic ring is 1. The largest absolute Gasteiger partial charge is 0.397 e. The van der Waals surface area contributed by atoms with E-state index in [2.05, 4.69) is 4.98 Å². The van der Waals surface area contributed by atoms with Crippen LogP contribution in [0.2, 0.25) is 5.15 Å². The number of carbonyl (C=O) groups excluding carboxylic acids is 1. The standard InChI is InChI=1S/C8H7ClN2O/c9-8-4-3-6(10)7(11-8)2-1-5-12/h1-5H,10H2. The van der Waals surface area contributed by atoms with E-state index in [1.807, 2.05) is 0 Å². The molecule has 0 saturated carbocycles. The van der Waals surface area contributed by atoms with Gasteiger partial charge in [0.2, 0.25) is 0 Å². The number of hydrogen-bond donors (Lipinski definition) is 1. The zero-order chi connectivity index (χ0) is 8.97. The van der Waals surface area contributed by atoms with Crippen LogP contribution >= 0.6 is 11.6 Å². The smallest absolute Gasteiger partial charge is 0.142 e. The summed E-state index contributed by atoms with van der Waals surface area (Å²) in [5, 5.41) is 0.356. The van der Waals surface area contributed by atoms with Crippen LogP contribution in [0.3, 0.4) is 0 Å². The number of pyridine rings is 1. The number of carbonyl (C=O) groups is 1. The third-order valence-corrected chi connectivity index (χ3v) is 1.47. The molecule has 1 heterocycles. The minimum absolute atomic E-state index is 0.356. The molecule has 1 aromatic heterocycles. The molecule has 0 aliphatic carbocycles. The van der Waals surface area contributed by atoms with E-state index in [0.717, 1.165) is 0 Å². The molecule has 0 aromatic carbocycles. The van der Waals surface area contributed by atoms with E-state index in [-0.39, 0.29) is 0 Å². The molecule has 12 heavy (non-hydrogen) atoms. The summed E-state index contributed by atoms with van der Waals surface area (Å²) < 4.78 is 0. The van der Waals surface area contributed by atoms with Crippen LogP contribution in [0.25, 0.3) is 6.08 Å². The van der Waals surface area contributed by atoms with Crippen molar-refractivity contribution in [2.24, 2.45) is 0 Å². The Hall–Kier alpha value is -1.35. The first-order valence-electron chi connectivity index (χ1n) is 3.28. The predicted molar refractivity (Wildman–Crippen MR) is 48.8 cm³/mol. The molecular formula is C8H7ClN2O. The second kappa shape index (κ2) is 3.88. The molecule has 1 rings (SSSR count). The summed E-state index contributed by atoms with van der Waals surface area (Å²) in [6.45, 7) is 0. The second-order valence-electron chi connectivity index (χ2n) is 2.10. The average molecular weight is 183 g/mol. The lowest BCUT2D eigenvalue weighted by atomic mass is 10.3. The van der Waals surface area contributed by atoms with Crippen molar-refractivity contribution in [3.63, 3.8) is 0 Å². The van der Waals surface area contributed by atoms with Gasteiger partial charge in [0.25, 0.3) is 0 Å². The zero-order valence-corrected chi connectivity index (χ0v) is 6.95. The molecular weight excluding hydrogens is 176 g/mol. The lowest BCUT2D eigenvalue weighted by Gasteiger charge is -1.97. The first-order chi connectivity index (χ1) is 5.74. The normalized spacial score (nSPS) is 10.4. The van der Waals surface area contributed by atoms with Gasteiger partial charge in [-0.3, -0.25) is 4.79 Å². The SMILES string of the molecule is Nc1ccc(Cl)nc1C=CC=O. The van der Waals surface area contributed by atoms with Crippen LogP contribution in [-0.2, 0) is 4.79 Å². The van der Waals surface area contributed by atoms with Crippen LogP contribution < -0.4 is 5.73 Å². The van der Waals surface area contributed by atoms with Gasteiger partial charge in [0.05, 0.1) is 11.4 Å². The van der Waals surface area contributed by atoms with Crippen LogP contribution in [0, 0.1) is 0 Å². The first kappa shape index (κ1) is 8.74. The predicted octanol–water partition coefficient (Wildman–Crippen LogP) is 1.53. The van der Waals surface area contributed by atoms with Gasteiger partial charge < -0.3 is 5.73 Å². The number of aromatic nitrogens is 1. The van der Waals surface area contributed by atoms with Gasteiger partial charge in [0, 0.05) is 0 Å². The van der Waals surface area contributed by atoms with Crippen LogP contribution in [0.5, 0.6) is 0 Å². The molecule has 4 heteroatoms. The highest BCUT2D eigenvalue weighted by atomic mass is 35.5. The maximum absolute atomic E-state index is 9.99. The molecule has 0 atom stereocenters. The summed E-state index contributed by atoms with van der Waals surface area (Å²) in [5.41, 5.74) is 6.55. The lowest BCUT2D eigenvalue weighted by Crippen LogP contribution is -1.92. The fourth-order valence-corrected chi connectivity index (χ4v) is 0.879. The van der Waals surface area contributed by atoms with Crippen molar-refractivity contribution < 1.29 is 4.79 Å². The summed E-state index contributed by atoms with van der Waals surface area (Å²) in [6, 6.07) is 3.23. The minimum atomic E-state index is 0.356. The molecule has 62 valence electrons. The fourth-order valence-electron chi connectivity index (χ4n) is 0.725. The Bertz CT molecular complexity index is 323. The van der Waals surface area contributed by atoms with Gasteiger partial charge >= 0.3 is 0 Å². The Morgan fingerprint density at radius 2 is 2.25 bits per heavy atom. The van der Waals surface area contributed by atoms with Gasteiger partial charge in [-0.15, -0.1) is 0 Å². The number of aldehydes is 1. The Labute approximate surface area is 74.9 Å². The van der Waals surface area contributed by atoms with Crippen LogP contribution in [0.1, 0.15) is 5.69 Å². The second-order valence-corrected chi connectivity index (χ2v) is 2.49. The molecule has 0 aliphatic heterocycles. The fraction of sp³-hybridized carbons (Fsp3) is 0. The third-order valence-electron chi connectivity index (χ3n) is 1.26. The highest BCUT2D eigenvalue weighted by molar-refractivity contribution is 6.29. The number of allylic oxidation sites excluding steroid dienone is 1. The van der Waals surface area contributed by atoms with E-state index < -0.39 is 0 Å². The first-order valence-corrected chi connectivity index (χ1v) is 3.65. The highest BCUT2D eigenvalue weighted by Crippen LogP contribution is 2.14. The van der Waals surface area contributed by atoms with Gasteiger partial charge in [-0.2, -0.15) is 0 Å². The van der Waals surface area contributed by atoms with Gasteiger partial charge in [-0.1, -0.05) is 11.6 Å². The quantitative estimate of drug-likeness (QED) is 0.429. The third kappa shape index (κ3) is 2.07. The average Bonchev–Trinajstić information content (AvgIpc) is 2.07. The Kier molecular flexibility index (Phi) is 2.82. The molecule has 0 amide bonds. The Morgan fingerprint density at radius 1 is 1.50 bits per heavy atom. The molecule has 0 radical (unpaired) electrons. The number of hydrogen-bond acceptors (Lipinski definition) is 3. The van der Waals surface area contributed by atoms with Crippen LogP contribution in [-0.4, -0.2) is 11.3 Å². The van der Waals surface area contributed by atoms with E-state index in [0.29, 0.717) is 22.8 Å². The molecule has 0 saturated heterocycles. The summed E-state index contributed by atoms with van der Waals surface area (Å²) in [6.07, 6.45) is 3.48. The zero-order valence-electron chi connectivity index (χ0n) is 6.20. The van der Waals surface area contributed by atoms with Crippen molar-refractivity contribution in [2.45, 2.75) is 0 Å². The molecule has 0 fully saturated rings. The van der Waals surface area contributed by atoms with Gasteiger partial charge in [-0.05, 0) is 24.3 Å².